The van der Waals surface area contributed by atoms with E-state index in [1.54, 1.807) is 5.56 Å². The largest absolute Gasteiger partial charge is 0.373 e. The Balaban J connectivity index is 1.41. The van der Waals surface area contributed by atoms with Gasteiger partial charge in [0.05, 0.1) is 19.3 Å². The van der Waals surface area contributed by atoms with Gasteiger partial charge in [-0.2, -0.15) is 0 Å². The molecule has 1 N–H and O–H groups in total. The molecule has 1 saturated carbocycles. The number of benzene rings is 2. The van der Waals surface area contributed by atoms with Gasteiger partial charge in [0.25, 0.3) is 0 Å². The van der Waals surface area contributed by atoms with Crippen molar-refractivity contribution in [3.05, 3.63) is 70.8 Å². The quantitative estimate of drug-likeness (QED) is 0.810. The second-order valence-corrected chi connectivity index (χ2v) is 8.94. The fourth-order valence-corrected chi connectivity index (χ4v) is 5.93. The number of nitrogens with zero attached hydrogens (tertiary/aromatic N) is 1. The Kier molecular flexibility index (Phi) is 5.44. The highest BCUT2D eigenvalue weighted by Gasteiger charge is 2.45. The van der Waals surface area contributed by atoms with E-state index in [1.807, 2.05) is 0 Å². The Morgan fingerprint density at radius 1 is 1.07 bits per heavy atom. The van der Waals surface area contributed by atoms with E-state index in [4.69, 9.17) is 14.6 Å². The lowest BCUT2D eigenvalue weighted by atomic mass is 9.73. The first-order chi connectivity index (χ1) is 14.3. The predicted octanol–water partition coefficient (Wildman–Crippen LogP) is 3.29. The molecule has 0 aromatic heterocycles. The number of aliphatic hydroxyl groups is 1. The number of hydrogen-bond acceptors (Lipinski definition) is 4. The van der Waals surface area contributed by atoms with Crippen LogP contribution in [0.15, 0.2) is 48.5 Å². The van der Waals surface area contributed by atoms with Crippen molar-refractivity contribution >= 4 is 0 Å². The Morgan fingerprint density at radius 3 is 2.72 bits per heavy atom. The first-order valence-corrected chi connectivity index (χ1v) is 11.0. The molecule has 1 saturated heterocycles. The molecule has 5 rings (SSSR count). The van der Waals surface area contributed by atoms with E-state index in [-0.39, 0.29) is 18.3 Å². The first-order valence-electron chi connectivity index (χ1n) is 11.0. The molecule has 4 heteroatoms. The number of fused-ring (bicyclic) bond motifs is 3. The SMILES string of the molecule is OCOCC1CN(C2CCC3(Cc4ccccc4Cc4ccccc43)C2)CCO1. The molecule has 3 unspecified atom stereocenters. The molecule has 2 fully saturated rings. The van der Waals surface area contributed by atoms with Crippen molar-refractivity contribution in [2.45, 2.75) is 49.7 Å². The highest BCUT2D eigenvalue weighted by molar-refractivity contribution is 5.46. The smallest absolute Gasteiger partial charge is 0.143 e. The van der Waals surface area contributed by atoms with Crippen molar-refractivity contribution in [3.8, 4) is 0 Å². The van der Waals surface area contributed by atoms with E-state index in [0.717, 1.165) is 32.5 Å². The molecule has 0 radical (unpaired) electrons. The molecular formula is C25H31NO3. The summed E-state index contributed by atoms with van der Waals surface area (Å²) < 4.78 is 11.1. The van der Waals surface area contributed by atoms with Gasteiger partial charge >= 0.3 is 0 Å². The fourth-order valence-electron chi connectivity index (χ4n) is 5.93. The number of rotatable bonds is 4. The van der Waals surface area contributed by atoms with Crippen LogP contribution in [0.2, 0.25) is 0 Å². The van der Waals surface area contributed by atoms with Crippen LogP contribution in [0.4, 0.5) is 0 Å². The van der Waals surface area contributed by atoms with E-state index in [1.165, 1.54) is 36.0 Å². The minimum Gasteiger partial charge on any atom is -0.373 e. The second kappa shape index (κ2) is 8.19. The van der Waals surface area contributed by atoms with Crippen LogP contribution >= 0.6 is 0 Å². The lowest BCUT2D eigenvalue weighted by Crippen LogP contribution is -2.49. The van der Waals surface area contributed by atoms with Crippen molar-refractivity contribution in [1.29, 1.82) is 0 Å². The third-order valence-electron chi connectivity index (χ3n) is 7.28. The monoisotopic (exact) mass is 393 g/mol. The van der Waals surface area contributed by atoms with Crippen LogP contribution in [0.3, 0.4) is 0 Å². The maximum atomic E-state index is 8.95. The number of morpholine rings is 1. The Bertz CT molecular complexity index is 853. The van der Waals surface area contributed by atoms with Gasteiger partial charge in [0.1, 0.15) is 6.79 Å². The van der Waals surface area contributed by atoms with Crippen LogP contribution in [-0.4, -0.2) is 55.2 Å². The molecule has 2 aromatic rings. The van der Waals surface area contributed by atoms with E-state index in [2.05, 4.69) is 53.4 Å². The maximum absolute atomic E-state index is 8.95. The van der Waals surface area contributed by atoms with Crippen molar-refractivity contribution in [2.75, 3.05) is 33.1 Å². The van der Waals surface area contributed by atoms with Gasteiger partial charge in [-0.1, -0.05) is 48.5 Å². The third-order valence-corrected chi connectivity index (χ3v) is 7.28. The summed E-state index contributed by atoms with van der Waals surface area (Å²) in [6.45, 7) is 2.89. The van der Waals surface area contributed by atoms with Gasteiger partial charge in [-0.3, -0.25) is 4.90 Å². The van der Waals surface area contributed by atoms with Crippen molar-refractivity contribution < 1.29 is 14.6 Å². The normalized spacial score (nSPS) is 29.4. The molecule has 154 valence electrons. The summed E-state index contributed by atoms with van der Waals surface area (Å²) in [5.41, 5.74) is 6.35. The highest BCUT2D eigenvalue weighted by Crippen LogP contribution is 2.49. The Morgan fingerprint density at radius 2 is 1.86 bits per heavy atom. The summed E-state index contributed by atoms with van der Waals surface area (Å²) in [5.74, 6) is 0. The van der Waals surface area contributed by atoms with Gasteiger partial charge in [0.15, 0.2) is 0 Å². The first kappa shape index (κ1) is 19.3. The Labute approximate surface area is 173 Å². The minimum absolute atomic E-state index is 0.0644. The predicted molar refractivity (Wildman–Crippen MR) is 113 cm³/mol. The maximum Gasteiger partial charge on any atom is 0.143 e. The Hall–Kier alpha value is -1.72. The van der Waals surface area contributed by atoms with Gasteiger partial charge in [-0.05, 0) is 54.4 Å². The zero-order valence-corrected chi connectivity index (χ0v) is 17.1. The van der Waals surface area contributed by atoms with Gasteiger partial charge < -0.3 is 14.6 Å². The molecular weight excluding hydrogens is 362 g/mol. The highest BCUT2D eigenvalue weighted by atomic mass is 16.6. The van der Waals surface area contributed by atoms with Crippen LogP contribution in [0.25, 0.3) is 0 Å². The van der Waals surface area contributed by atoms with Gasteiger partial charge in [0.2, 0.25) is 0 Å². The summed E-state index contributed by atoms with van der Waals surface area (Å²) >= 11 is 0. The fraction of sp³-hybridized carbons (Fsp3) is 0.520. The molecule has 0 amide bonds. The van der Waals surface area contributed by atoms with Crippen molar-refractivity contribution in [3.63, 3.8) is 0 Å². The van der Waals surface area contributed by atoms with Crippen LogP contribution in [-0.2, 0) is 27.7 Å². The second-order valence-electron chi connectivity index (χ2n) is 8.94. The van der Waals surface area contributed by atoms with Gasteiger partial charge in [-0.25, -0.2) is 0 Å². The zero-order valence-electron chi connectivity index (χ0n) is 17.1. The lowest BCUT2D eigenvalue weighted by molar-refractivity contribution is -0.102. The van der Waals surface area contributed by atoms with Crippen LogP contribution in [0, 0.1) is 0 Å². The van der Waals surface area contributed by atoms with Gasteiger partial charge in [-0.15, -0.1) is 0 Å². The van der Waals surface area contributed by atoms with E-state index >= 15 is 0 Å². The zero-order chi connectivity index (χ0) is 19.7. The van der Waals surface area contributed by atoms with Crippen molar-refractivity contribution in [2.24, 2.45) is 0 Å². The average molecular weight is 394 g/mol. The molecule has 2 aromatic carbocycles. The molecule has 1 spiro atoms. The number of aliphatic hydroxyl groups excluding tert-OH is 1. The molecule has 3 atom stereocenters. The van der Waals surface area contributed by atoms with E-state index in [0.29, 0.717) is 12.6 Å². The molecule has 2 aliphatic carbocycles. The standard InChI is InChI=1S/C25H31NO3/c27-18-28-17-23-16-26(11-12-29-23)22-9-10-25(15-22)14-21-7-2-1-5-19(21)13-20-6-3-4-8-24(20)25/h1-8,22-23,27H,9-18H2. The van der Waals surface area contributed by atoms with E-state index < -0.39 is 0 Å². The molecule has 29 heavy (non-hydrogen) atoms. The number of ether oxygens (including phenoxy) is 2. The molecule has 1 aliphatic heterocycles. The number of hydrogen-bond donors (Lipinski definition) is 1. The topological polar surface area (TPSA) is 41.9 Å². The van der Waals surface area contributed by atoms with Crippen LogP contribution in [0.5, 0.6) is 0 Å². The van der Waals surface area contributed by atoms with Crippen LogP contribution in [0.1, 0.15) is 41.5 Å². The summed E-state index contributed by atoms with van der Waals surface area (Å²) in [6, 6.07) is 18.8. The molecule has 3 aliphatic rings. The molecule has 4 nitrogen and oxygen atoms in total. The summed E-state index contributed by atoms with van der Waals surface area (Å²) in [5, 5.41) is 8.95. The summed E-state index contributed by atoms with van der Waals surface area (Å²) in [6.07, 6.45) is 5.97. The van der Waals surface area contributed by atoms with Gasteiger partial charge in [0, 0.05) is 24.5 Å². The summed E-state index contributed by atoms with van der Waals surface area (Å²) in [4.78, 5) is 2.61. The lowest BCUT2D eigenvalue weighted by Gasteiger charge is -2.38. The van der Waals surface area contributed by atoms with E-state index in [9.17, 15) is 0 Å². The third kappa shape index (κ3) is 3.75. The summed E-state index contributed by atoms with van der Waals surface area (Å²) in [7, 11) is 0. The van der Waals surface area contributed by atoms with Crippen molar-refractivity contribution in [1.82, 2.24) is 4.90 Å². The minimum atomic E-state index is -0.234. The molecule has 1 heterocycles. The molecule has 0 bridgehead atoms. The van der Waals surface area contributed by atoms with Crippen LogP contribution < -0.4 is 0 Å². The average Bonchev–Trinajstić information content (AvgIpc) is 3.13.